The van der Waals surface area contributed by atoms with Gasteiger partial charge in [0, 0.05) is 39.0 Å². The first-order valence-corrected chi connectivity index (χ1v) is 10.3. The summed E-state index contributed by atoms with van der Waals surface area (Å²) in [6.45, 7) is 0.918. The van der Waals surface area contributed by atoms with Crippen molar-refractivity contribution in [2.75, 3.05) is 26.7 Å². The Bertz CT molecular complexity index is 1040. The van der Waals surface area contributed by atoms with Crippen molar-refractivity contribution in [3.63, 3.8) is 0 Å². The highest BCUT2D eigenvalue weighted by atomic mass is 16.5. The Morgan fingerprint density at radius 3 is 2.61 bits per heavy atom. The van der Waals surface area contributed by atoms with Crippen LogP contribution in [-0.2, 0) is 16.0 Å². The van der Waals surface area contributed by atoms with E-state index in [1.165, 1.54) is 0 Å². The van der Waals surface area contributed by atoms with Crippen molar-refractivity contribution in [1.82, 2.24) is 14.8 Å². The van der Waals surface area contributed by atoms with E-state index in [2.05, 4.69) is 11.1 Å². The van der Waals surface area contributed by atoms with Gasteiger partial charge in [0.25, 0.3) is 5.91 Å². The second kappa shape index (κ2) is 9.43. The number of likely N-dealkylation sites (N-methyl/N-ethyl adjacent to an activating group) is 1. The molecule has 2 amide bonds. The molecule has 1 aromatic heterocycles. The third-order valence-corrected chi connectivity index (χ3v) is 5.49. The molecule has 1 aliphatic rings. The van der Waals surface area contributed by atoms with E-state index < -0.39 is 6.04 Å². The number of carbonyl (C=O) groups is 2. The summed E-state index contributed by atoms with van der Waals surface area (Å²) >= 11 is 0. The molecule has 6 heteroatoms. The van der Waals surface area contributed by atoms with Gasteiger partial charge in [0.05, 0.1) is 0 Å². The van der Waals surface area contributed by atoms with Crippen LogP contribution in [0.2, 0.25) is 0 Å². The molecular formula is C25H25N3O3. The summed E-state index contributed by atoms with van der Waals surface area (Å²) in [6.07, 6.45) is 4.01. The van der Waals surface area contributed by atoms with Crippen LogP contribution in [0.15, 0.2) is 79.1 Å². The summed E-state index contributed by atoms with van der Waals surface area (Å²) < 4.78 is 5.64. The molecule has 0 radical (unpaired) electrons. The van der Waals surface area contributed by atoms with Gasteiger partial charge in [-0.15, -0.1) is 0 Å². The minimum Gasteiger partial charge on any atom is -0.484 e. The smallest absolute Gasteiger partial charge is 0.261 e. The quantitative estimate of drug-likeness (QED) is 0.621. The van der Waals surface area contributed by atoms with Crippen LogP contribution in [0.4, 0.5) is 0 Å². The molecule has 3 aromatic rings. The average Bonchev–Trinajstić information content (AvgIpc) is 2.82. The van der Waals surface area contributed by atoms with Gasteiger partial charge in [-0.3, -0.25) is 14.6 Å². The molecule has 1 fully saturated rings. The monoisotopic (exact) mass is 415 g/mol. The molecule has 158 valence electrons. The summed E-state index contributed by atoms with van der Waals surface area (Å²) in [6, 6.07) is 20.6. The van der Waals surface area contributed by atoms with Gasteiger partial charge in [-0.05, 0) is 34.9 Å². The molecule has 0 bridgehead atoms. The highest BCUT2D eigenvalue weighted by Crippen LogP contribution is 2.22. The minimum absolute atomic E-state index is 0.0499. The number of nitrogens with zero attached hydrogens (tertiary/aromatic N) is 3. The molecule has 0 N–H and O–H groups in total. The summed E-state index contributed by atoms with van der Waals surface area (Å²) in [5.41, 5.74) is 3.05. The van der Waals surface area contributed by atoms with E-state index in [0.29, 0.717) is 25.3 Å². The zero-order valence-electron chi connectivity index (χ0n) is 17.5. The molecule has 0 aliphatic carbocycles. The summed E-state index contributed by atoms with van der Waals surface area (Å²) in [5, 5.41) is 0. The topological polar surface area (TPSA) is 62.7 Å². The van der Waals surface area contributed by atoms with E-state index in [9.17, 15) is 9.59 Å². The SMILES string of the molecule is CN1CCN(C(=O)COc2ccccc2)C(Cc2cccc(-c3cccnc3)c2)C1=O. The standard InChI is InChI=1S/C25H25N3O3/c1-27-13-14-28(24(29)18-31-22-10-3-2-4-11-22)23(25(27)30)16-19-7-5-8-20(15-19)21-9-6-12-26-17-21/h2-12,15,17,23H,13-14,16,18H2,1H3. The van der Waals surface area contributed by atoms with Crippen molar-refractivity contribution < 1.29 is 14.3 Å². The maximum Gasteiger partial charge on any atom is 0.261 e. The van der Waals surface area contributed by atoms with Crippen LogP contribution in [0.25, 0.3) is 11.1 Å². The first-order valence-electron chi connectivity index (χ1n) is 10.3. The highest BCUT2D eigenvalue weighted by molar-refractivity contribution is 5.89. The number of carbonyl (C=O) groups excluding carboxylic acids is 2. The third kappa shape index (κ3) is 4.91. The van der Waals surface area contributed by atoms with E-state index in [-0.39, 0.29) is 18.4 Å². The van der Waals surface area contributed by atoms with Crippen LogP contribution in [0, 0.1) is 0 Å². The number of rotatable bonds is 6. The highest BCUT2D eigenvalue weighted by Gasteiger charge is 2.36. The lowest BCUT2D eigenvalue weighted by Crippen LogP contribution is -2.59. The van der Waals surface area contributed by atoms with Crippen LogP contribution in [-0.4, -0.2) is 59.4 Å². The van der Waals surface area contributed by atoms with Crippen molar-refractivity contribution in [2.24, 2.45) is 0 Å². The van der Waals surface area contributed by atoms with Crippen LogP contribution >= 0.6 is 0 Å². The second-order valence-electron chi connectivity index (χ2n) is 7.61. The van der Waals surface area contributed by atoms with Crippen LogP contribution in [0.3, 0.4) is 0 Å². The van der Waals surface area contributed by atoms with E-state index in [0.717, 1.165) is 16.7 Å². The van der Waals surface area contributed by atoms with Crippen molar-refractivity contribution >= 4 is 11.8 Å². The summed E-state index contributed by atoms with van der Waals surface area (Å²) in [5.74, 6) is 0.404. The molecule has 0 saturated carbocycles. The van der Waals surface area contributed by atoms with Crippen LogP contribution in [0.5, 0.6) is 5.75 Å². The maximum absolute atomic E-state index is 13.0. The third-order valence-electron chi connectivity index (χ3n) is 5.49. The largest absolute Gasteiger partial charge is 0.484 e. The molecule has 1 unspecified atom stereocenters. The Kier molecular flexibility index (Phi) is 6.26. The molecular weight excluding hydrogens is 390 g/mol. The fourth-order valence-electron chi connectivity index (χ4n) is 3.79. The molecule has 1 aliphatic heterocycles. The summed E-state index contributed by atoms with van der Waals surface area (Å²) in [4.78, 5) is 33.4. The number of benzene rings is 2. The Labute approximate surface area is 182 Å². The molecule has 31 heavy (non-hydrogen) atoms. The van der Waals surface area contributed by atoms with Crippen LogP contribution in [0.1, 0.15) is 5.56 Å². The van der Waals surface area contributed by atoms with Gasteiger partial charge in [-0.2, -0.15) is 0 Å². The van der Waals surface area contributed by atoms with Crippen molar-refractivity contribution in [1.29, 1.82) is 0 Å². The number of ether oxygens (including phenoxy) is 1. The maximum atomic E-state index is 13.0. The fourth-order valence-corrected chi connectivity index (χ4v) is 3.79. The second-order valence-corrected chi connectivity index (χ2v) is 7.61. The lowest BCUT2D eigenvalue weighted by Gasteiger charge is -2.39. The van der Waals surface area contributed by atoms with Gasteiger partial charge in [0.1, 0.15) is 11.8 Å². The van der Waals surface area contributed by atoms with Crippen LogP contribution < -0.4 is 4.74 Å². The number of aromatic nitrogens is 1. The molecule has 6 nitrogen and oxygen atoms in total. The molecule has 1 saturated heterocycles. The van der Waals surface area contributed by atoms with E-state index in [4.69, 9.17) is 4.74 Å². The number of amides is 2. The molecule has 2 heterocycles. The zero-order chi connectivity index (χ0) is 21.6. The molecule has 0 spiro atoms. The first kappa shape index (κ1) is 20.6. The van der Waals surface area contributed by atoms with E-state index >= 15 is 0 Å². The van der Waals surface area contributed by atoms with Gasteiger partial charge in [-0.25, -0.2) is 0 Å². The molecule has 4 rings (SSSR count). The first-order chi connectivity index (χ1) is 15.1. The predicted octanol–water partition coefficient (Wildman–Crippen LogP) is 3.04. The number of para-hydroxylation sites is 1. The number of hydrogen-bond donors (Lipinski definition) is 0. The van der Waals surface area contributed by atoms with Crippen molar-refractivity contribution in [3.05, 3.63) is 84.7 Å². The minimum atomic E-state index is -0.547. The van der Waals surface area contributed by atoms with Gasteiger partial charge >= 0.3 is 0 Å². The lowest BCUT2D eigenvalue weighted by molar-refractivity contribution is -0.151. The Morgan fingerprint density at radius 1 is 1.03 bits per heavy atom. The average molecular weight is 415 g/mol. The number of hydrogen-bond acceptors (Lipinski definition) is 4. The summed E-state index contributed by atoms with van der Waals surface area (Å²) in [7, 11) is 1.78. The molecule has 2 aromatic carbocycles. The van der Waals surface area contributed by atoms with Gasteiger partial charge in [-0.1, -0.05) is 48.5 Å². The Hall–Kier alpha value is -3.67. The van der Waals surface area contributed by atoms with E-state index in [1.54, 1.807) is 23.0 Å². The normalized spacial score (nSPS) is 16.3. The molecule has 1 atom stereocenters. The van der Waals surface area contributed by atoms with Gasteiger partial charge < -0.3 is 14.5 Å². The van der Waals surface area contributed by atoms with Crippen molar-refractivity contribution in [3.8, 4) is 16.9 Å². The Balaban J connectivity index is 1.51. The zero-order valence-corrected chi connectivity index (χ0v) is 17.5. The van der Waals surface area contributed by atoms with Gasteiger partial charge in [0.2, 0.25) is 5.91 Å². The number of piperazine rings is 1. The predicted molar refractivity (Wildman–Crippen MR) is 118 cm³/mol. The van der Waals surface area contributed by atoms with Crippen molar-refractivity contribution in [2.45, 2.75) is 12.5 Å². The van der Waals surface area contributed by atoms with Gasteiger partial charge in [0.15, 0.2) is 6.61 Å². The van der Waals surface area contributed by atoms with E-state index in [1.807, 2.05) is 66.9 Å². The fraction of sp³-hybridized carbons (Fsp3) is 0.240. The lowest BCUT2D eigenvalue weighted by atomic mass is 9.98. The number of pyridine rings is 1. The Morgan fingerprint density at radius 2 is 1.84 bits per heavy atom.